The minimum Gasteiger partial charge on any atom is -0.504 e. The van der Waals surface area contributed by atoms with Crippen LogP contribution in [0.5, 0.6) is 5.75 Å². The summed E-state index contributed by atoms with van der Waals surface area (Å²) in [6.07, 6.45) is 7.34. The number of benzene rings is 2. The van der Waals surface area contributed by atoms with Crippen molar-refractivity contribution >= 4 is 0 Å². The number of aromatic nitrogens is 1. The molecule has 1 aromatic heterocycles. The van der Waals surface area contributed by atoms with Crippen LogP contribution in [0, 0.1) is 11.6 Å². The average Bonchev–Trinajstić information content (AvgIpc) is 3.36. The smallest absolute Gasteiger partial charge is 0.200 e. The first kappa shape index (κ1) is 18.7. The molecule has 5 heteroatoms. The fourth-order valence-electron chi connectivity index (χ4n) is 4.24. The van der Waals surface area contributed by atoms with Gasteiger partial charge in [-0.2, -0.15) is 0 Å². The standard InChI is InChI=1S/C23H23F2NO2/c1-2-16-14-28-22(26-16)23(10-3-4-11-23)13-15-8-9-19(24)18(12-15)17-6-5-7-20(25)21(17)27/h5-9,12,14,27H,2-4,10-11,13H2,1H3. The number of rotatable bonds is 5. The maximum absolute atomic E-state index is 14.5. The topological polar surface area (TPSA) is 46.3 Å². The Kier molecular flexibility index (Phi) is 4.92. The minimum atomic E-state index is -0.763. The van der Waals surface area contributed by atoms with Crippen LogP contribution in [0.15, 0.2) is 47.1 Å². The third-order valence-electron chi connectivity index (χ3n) is 5.78. The number of phenolic OH excluding ortho intramolecular Hbond substituents is 1. The highest BCUT2D eigenvalue weighted by Gasteiger charge is 2.40. The van der Waals surface area contributed by atoms with E-state index < -0.39 is 17.4 Å². The number of para-hydroxylation sites is 1. The highest BCUT2D eigenvalue weighted by molar-refractivity contribution is 5.71. The predicted octanol–water partition coefficient (Wildman–Crippen LogP) is 5.94. The average molecular weight is 383 g/mol. The van der Waals surface area contributed by atoms with E-state index >= 15 is 0 Å². The van der Waals surface area contributed by atoms with Crippen LogP contribution < -0.4 is 0 Å². The number of hydrogen-bond donors (Lipinski definition) is 1. The van der Waals surface area contributed by atoms with Gasteiger partial charge >= 0.3 is 0 Å². The molecule has 0 saturated heterocycles. The summed E-state index contributed by atoms with van der Waals surface area (Å²) in [7, 11) is 0. The van der Waals surface area contributed by atoms with Crippen LogP contribution in [-0.4, -0.2) is 10.1 Å². The minimum absolute atomic E-state index is 0.157. The lowest BCUT2D eigenvalue weighted by atomic mass is 9.79. The van der Waals surface area contributed by atoms with Crippen molar-refractivity contribution in [2.75, 3.05) is 0 Å². The first-order valence-corrected chi connectivity index (χ1v) is 9.73. The van der Waals surface area contributed by atoms with Crippen molar-refractivity contribution in [1.82, 2.24) is 4.98 Å². The summed E-state index contributed by atoms with van der Waals surface area (Å²) in [5.41, 5.74) is 2.00. The van der Waals surface area contributed by atoms with E-state index in [9.17, 15) is 13.9 Å². The monoisotopic (exact) mass is 383 g/mol. The Morgan fingerprint density at radius 3 is 2.57 bits per heavy atom. The summed E-state index contributed by atoms with van der Waals surface area (Å²) in [5.74, 6) is -1.04. The lowest BCUT2D eigenvalue weighted by Crippen LogP contribution is -2.25. The van der Waals surface area contributed by atoms with Crippen molar-refractivity contribution in [3.63, 3.8) is 0 Å². The molecule has 0 unspecified atom stereocenters. The second kappa shape index (κ2) is 7.38. The number of phenols is 1. The Morgan fingerprint density at radius 2 is 1.86 bits per heavy atom. The van der Waals surface area contributed by atoms with Crippen molar-refractivity contribution in [2.45, 2.75) is 50.9 Å². The summed E-state index contributed by atoms with van der Waals surface area (Å²) < 4.78 is 34.0. The van der Waals surface area contributed by atoms with Gasteiger partial charge in [0.25, 0.3) is 0 Å². The van der Waals surface area contributed by atoms with Gasteiger partial charge in [0, 0.05) is 11.1 Å². The number of hydrogen-bond acceptors (Lipinski definition) is 3. The van der Waals surface area contributed by atoms with E-state index in [0.717, 1.165) is 55.3 Å². The molecule has 1 saturated carbocycles. The molecule has 1 N–H and O–H groups in total. The summed E-state index contributed by atoms with van der Waals surface area (Å²) in [5, 5.41) is 10.0. The quantitative estimate of drug-likeness (QED) is 0.593. The number of nitrogens with zero attached hydrogens (tertiary/aromatic N) is 1. The van der Waals surface area contributed by atoms with Crippen LogP contribution in [0.3, 0.4) is 0 Å². The highest BCUT2D eigenvalue weighted by Crippen LogP contribution is 2.44. The highest BCUT2D eigenvalue weighted by atomic mass is 19.1. The molecule has 1 heterocycles. The zero-order valence-electron chi connectivity index (χ0n) is 15.8. The Labute approximate surface area is 163 Å². The molecule has 0 spiro atoms. The summed E-state index contributed by atoms with van der Waals surface area (Å²) in [6, 6.07) is 8.97. The van der Waals surface area contributed by atoms with Crippen LogP contribution in [0.1, 0.15) is 49.8 Å². The molecule has 4 rings (SSSR count). The molecule has 3 aromatic rings. The molecule has 28 heavy (non-hydrogen) atoms. The van der Waals surface area contributed by atoms with Gasteiger partial charge in [-0.25, -0.2) is 13.8 Å². The normalized spacial score (nSPS) is 15.8. The van der Waals surface area contributed by atoms with Crippen LogP contribution in [-0.2, 0) is 18.3 Å². The first-order chi connectivity index (χ1) is 13.5. The number of halogens is 2. The van der Waals surface area contributed by atoms with Gasteiger partial charge in [0.05, 0.1) is 11.1 Å². The molecule has 0 radical (unpaired) electrons. The first-order valence-electron chi connectivity index (χ1n) is 9.73. The maximum atomic E-state index is 14.5. The van der Waals surface area contributed by atoms with E-state index in [1.54, 1.807) is 18.4 Å². The van der Waals surface area contributed by atoms with Crippen LogP contribution in [0.25, 0.3) is 11.1 Å². The van der Waals surface area contributed by atoms with Crippen molar-refractivity contribution < 1.29 is 18.3 Å². The molecule has 0 atom stereocenters. The third-order valence-corrected chi connectivity index (χ3v) is 5.78. The molecule has 0 bridgehead atoms. The van der Waals surface area contributed by atoms with Crippen LogP contribution in [0.2, 0.25) is 0 Å². The molecule has 1 aliphatic carbocycles. The number of aromatic hydroxyl groups is 1. The van der Waals surface area contributed by atoms with Crippen LogP contribution >= 0.6 is 0 Å². The molecule has 1 fully saturated rings. The van der Waals surface area contributed by atoms with E-state index in [1.807, 2.05) is 6.92 Å². The van der Waals surface area contributed by atoms with E-state index in [1.165, 1.54) is 18.2 Å². The molecule has 3 nitrogen and oxygen atoms in total. The Bertz CT molecular complexity index is 990. The van der Waals surface area contributed by atoms with Crippen molar-refractivity contribution in [2.24, 2.45) is 0 Å². The zero-order valence-corrected chi connectivity index (χ0v) is 15.8. The van der Waals surface area contributed by atoms with Gasteiger partial charge in [-0.1, -0.05) is 38.0 Å². The zero-order chi connectivity index (χ0) is 19.7. The molecular weight excluding hydrogens is 360 g/mol. The van der Waals surface area contributed by atoms with Crippen molar-refractivity contribution in [3.05, 3.63) is 71.4 Å². The van der Waals surface area contributed by atoms with Gasteiger partial charge in [-0.15, -0.1) is 0 Å². The molecule has 146 valence electrons. The van der Waals surface area contributed by atoms with E-state index in [4.69, 9.17) is 4.42 Å². The molecule has 0 amide bonds. The molecule has 1 aliphatic rings. The number of oxazole rings is 1. The largest absolute Gasteiger partial charge is 0.504 e. The van der Waals surface area contributed by atoms with Crippen molar-refractivity contribution in [1.29, 1.82) is 0 Å². The van der Waals surface area contributed by atoms with Gasteiger partial charge in [0.2, 0.25) is 5.89 Å². The Hall–Kier alpha value is -2.69. The van der Waals surface area contributed by atoms with Gasteiger partial charge in [-0.05, 0) is 49.4 Å². The fraction of sp³-hybridized carbons (Fsp3) is 0.348. The van der Waals surface area contributed by atoms with E-state index in [0.29, 0.717) is 6.42 Å². The van der Waals surface area contributed by atoms with Crippen molar-refractivity contribution in [3.8, 4) is 16.9 Å². The molecule has 0 aliphatic heterocycles. The van der Waals surface area contributed by atoms with Gasteiger partial charge < -0.3 is 9.52 Å². The van der Waals surface area contributed by atoms with Gasteiger partial charge in [0.1, 0.15) is 12.1 Å². The van der Waals surface area contributed by atoms with Crippen LogP contribution in [0.4, 0.5) is 8.78 Å². The second-order valence-electron chi connectivity index (χ2n) is 7.61. The summed E-state index contributed by atoms with van der Waals surface area (Å²) >= 11 is 0. The fourth-order valence-corrected chi connectivity index (χ4v) is 4.24. The lowest BCUT2D eigenvalue weighted by Gasteiger charge is -2.26. The third kappa shape index (κ3) is 3.30. The summed E-state index contributed by atoms with van der Waals surface area (Å²) in [6.45, 7) is 2.04. The Morgan fingerprint density at radius 1 is 1.07 bits per heavy atom. The second-order valence-corrected chi connectivity index (χ2v) is 7.61. The maximum Gasteiger partial charge on any atom is 0.200 e. The van der Waals surface area contributed by atoms with Gasteiger partial charge in [-0.3, -0.25) is 0 Å². The van der Waals surface area contributed by atoms with Gasteiger partial charge in [0.15, 0.2) is 11.6 Å². The van der Waals surface area contributed by atoms with E-state index in [-0.39, 0.29) is 16.5 Å². The van der Waals surface area contributed by atoms with E-state index in [2.05, 4.69) is 4.98 Å². The number of aryl methyl sites for hydroxylation is 1. The SMILES string of the molecule is CCc1coc(C2(Cc3ccc(F)c(-c4cccc(F)c4O)c3)CCCC2)n1. The lowest BCUT2D eigenvalue weighted by molar-refractivity contribution is 0.322. The summed E-state index contributed by atoms with van der Waals surface area (Å²) in [4.78, 5) is 4.67. The molecule has 2 aromatic carbocycles. The molecular formula is C23H23F2NO2. The Balaban J connectivity index is 1.72. The predicted molar refractivity (Wildman–Crippen MR) is 103 cm³/mol.